The molecule has 0 bridgehead atoms. The molecule has 0 unspecified atom stereocenters. The summed E-state index contributed by atoms with van der Waals surface area (Å²) in [4.78, 5) is 11.8. The van der Waals surface area contributed by atoms with Crippen LogP contribution in [0.1, 0.15) is 114 Å². The fraction of sp³-hybridized carbons (Fsp3) is 0.808. The molecule has 1 aliphatic rings. The Labute approximate surface area is 199 Å². The second-order valence-corrected chi connectivity index (χ2v) is 10.1. The summed E-state index contributed by atoms with van der Waals surface area (Å²) in [5.41, 5.74) is 0.771. The molecule has 4 atom stereocenters. The average Bonchev–Trinajstić information content (AvgIpc) is 3.49. The number of unbranched alkanes of at least 4 members (excludes halogenated alkanes) is 9. The van der Waals surface area contributed by atoms with Crippen LogP contribution < -0.4 is 5.32 Å². The van der Waals surface area contributed by atoms with Crippen molar-refractivity contribution in [3.8, 4) is 0 Å². The van der Waals surface area contributed by atoms with E-state index < -0.39 is 0 Å². The number of rotatable bonds is 18. The normalized spacial score (nSPS) is 20.3. The van der Waals surface area contributed by atoms with E-state index in [4.69, 9.17) is 4.74 Å². The van der Waals surface area contributed by atoms with Crippen LogP contribution in [0.5, 0.6) is 0 Å². The van der Waals surface area contributed by atoms with Crippen LogP contribution in [-0.2, 0) is 4.74 Å². The molecule has 184 valence electrons. The molecule has 3 N–H and O–H groups in total. The number of aliphatic hydroxyl groups excluding tert-OH is 2. The van der Waals surface area contributed by atoms with Crippen molar-refractivity contribution >= 4 is 17.2 Å². The molecule has 6 heteroatoms. The van der Waals surface area contributed by atoms with E-state index in [9.17, 15) is 15.0 Å². The van der Waals surface area contributed by atoms with E-state index in [-0.39, 0.29) is 30.3 Å². The highest BCUT2D eigenvalue weighted by Gasteiger charge is 2.33. The van der Waals surface area contributed by atoms with Crippen molar-refractivity contribution in [1.82, 2.24) is 5.32 Å². The number of thiophene rings is 1. The topological polar surface area (TPSA) is 78.8 Å². The number of carbonyl (C=O) groups excluding carboxylic acids is 1. The summed E-state index contributed by atoms with van der Waals surface area (Å²) in [6.45, 7) is 2.84. The smallest absolute Gasteiger partial charge is 0.252 e. The summed E-state index contributed by atoms with van der Waals surface area (Å²) in [5, 5.41) is 27.3. The van der Waals surface area contributed by atoms with Crippen molar-refractivity contribution < 1.29 is 19.7 Å². The number of hydrogen-bond donors (Lipinski definition) is 3. The third-order valence-corrected chi connectivity index (χ3v) is 7.21. The van der Waals surface area contributed by atoms with E-state index in [1.807, 2.05) is 16.8 Å². The van der Waals surface area contributed by atoms with Gasteiger partial charge in [-0.1, -0.05) is 71.1 Å². The fourth-order valence-corrected chi connectivity index (χ4v) is 5.15. The molecule has 2 rings (SSSR count). The van der Waals surface area contributed by atoms with E-state index in [0.717, 1.165) is 57.1 Å². The first-order chi connectivity index (χ1) is 15.6. The van der Waals surface area contributed by atoms with E-state index >= 15 is 0 Å². The zero-order valence-corrected chi connectivity index (χ0v) is 20.8. The van der Waals surface area contributed by atoms with Gasteiger partial charge in [0, 0.05) is 17.5 Å². The van der Waals surface area contributed by atoms with E-state index in [0.29, 0.717) is 0 Å². The Morgan fingerprint density at radius 1 is 0.969 bits per heavy atom. The number of nitrogens with one attached hydrogen (secondary N) is 1. The summed E-state index contributed by atoms with van der Waals surface area (Å²) in [7, 11) is 0. The predicted molar refractivity (Wildman–Crippen MR) is 132 cm³/mol. The molecular weight excluding hydrogens is 422 g/mol. The summed E-state index contributed by atoms with van der Waals surface area (Å²) < 4.78 is 5.90. The van der Waals surface area contributed by atoms with Crippen molar-refractivity contribution in [2.75, 3.05) is 6.54 Å². The van der Waals surface area contributed by atoms with Gasteiger partial charge in [0.1, 0.15) is 0 Å². The molecule has 0 spiro atoms. The average molecular weight is 468 g/mol. The molecule has 0 radical (unpaired) electrons. The summed E-state index contributed by atoms with van der Waals surface area (Å²) in [6.07, 6.45) is 15.4. The second kappa shape index (κ2) is 16.6. The van der Waals surface area contributed by atoms with Crippen molar-refractivity contribution in [2.45, 2.75) is 128 Å². The Morgan fingerprint density at radius 3 is 2.09 bits per heavy atom. The van der Waals surface area contributed by atoms with Gasteiger partial charge >= 0.3 is 0 Å². The molecule has 1 fully saturated rings. The van der Waals surface area contributed by atoms with Gasteiger partial charge in [-0.15, -0.1) is 0 Å². The molecular formula is C26H45NO4S. The number of carbonyl (C=O) groups is 1. The van der Waals surface area contributed by atoms with E-state index in [2.05, 4.69) is 12.2 Å². The minimum Gasteiger partial charge on any atom is -0.390 e. The van der Waals surface area contributed by atoms with Crippen molar-refractivity contribution in [2.24, 2.45) is 0 Å². The fourth-order valence-electron chi connectivity index (χ4n) is 4.51. The molecule has 1 amide bonds. The van der Waals surface area contributed by atoms with Crippen LogP contribution in [0.25, 0.3) is 0 Å². The maximum absolute atomic E-state index is 11.8. The van der Waals surface area contributed by atoms with Crippen molar-refractivity contribution in [1.29, 1.82) is 0 Å². The molecule has 1 aromatic rings. The summed E-state index contributed by atoms with van der Waals surface area (Å²) in [5.74, 6) is 0.0458. The molecule has 5 nitrogen and oxygen atoms in total. The van der Waals surface area contributed by atoms with Crippen LogP contribution in [0.15, 0.2) is 16.8 Å². The van der Waals surface area contributed by atoms with E-state index in [1.54, 1.807) is 11.3 Å². The highest BCUT2D eigenvalue weighted by molar-refractivity contribution is 7.08. The first-order valence-electron chi connectivity index (χ1n) is 12.9. The molecule has 0 saturated carbocycles. The second-order valence-electron chi connectivity index (χ2n) is 9.31. The standard InChI is InChI=1S/C26H45NO4S/c1-2-13-22(28)24-15-16-25(31-24)23(29)14-11-9-7-5-3-4-6-8-10-12-18-27-26(30)21-17-19-32-20-21/h17,19-20,22-25,28-29H,2-16,18H2,1H3,(H,27,30)/t22-,23-,24-,25-/m1/s1. The molecule has 1 saturated heterocycles. The first-order valence-corrected chi connectivity index (χ1v) is 13.9. The van der Waals surface area contributed by atoms with Gasteiger partial charge in [0.2, 0.25) is 0 Å². The molecule has 0 aromatic carbocycles. The van der Waals surface area contributed by atoms with Crippen LogP contribution in [0.4, 0.5) is 0 Å². The molecule has 2 heterocycles. The third kappa shape index (κ3) is 10.8. The van der Waals surface area contributed by atoms with Crippen LogP contribution in [0.2, 0.25) is 0 Å². The number of amides is 1. The van der Waals surface area contributed by atoms with E-state index in [1.165, 1.54) is 51.4 Å². The highest BCUT2D eigenvalue weighted by Crippen LogP contribution is 2.28. The lowest BCUT2D eigenvalue weighted by Gasteiger charge is -2.21. The van der Waals surface area contributed by atoms with Crippen molar-refractivity contribution in [3.05, 3.63) is 22.4 Å². The Kier molecular flexibility index (Phi) is 14.2. The summed E-state index contributed by atoms with van der Waals surface area (Å²) >= 11 is 1.55. The maximum Gasteiger partial charge on any atom is 0.252 e. The van der Waals surface area contributed by atoms with Gasteiger partial charge in [0.15, 0.2) is 0 Å². The number of aliphatic hydroxyl groups is 2. The quantitative estimate of drug-likeness (QED) is 0.237. The SMILES string of the molecule is CCC[C@@H](O)[C@H]1CC[C@H]([C@H](O)CCCCCCCCCCCCNC(=O)c2ccsc2)O1. The van der Waals surface area contributed by atoms with Gasteiger partial charge in [-0.3, -0.25) is 4.79 Å². The lowest BCUT2D eigenvalue weighted by molar-refractivity contribution is -0.0782. The molecule has 32 heavy (non-hydrogen) atoms. The van der Waals surface area contributed by atoms with Crippen LogP contribution in [0, 0.1) is 0 Å². The van der Waals surface area contributed by atoms with Gasteiger partial charge in [-0.2, -0.15) is 11.3 Å². The molecule has 0 aliphatic carbocycles. The maximum atomic E-state index is 11.8. The molecule has 1 aromatic heterocycles. The Balaban J connectivity index is 1.33. The minimum absolute atomic E-state index is 0.0458. The number of ether oxygens (including phenoxy) is 1. The lowest BCUT2D eigenvalue weighted by Crippen LogP contribution is -2.30. The predicted octanol–water partition coefficient (Wildman–Crippen LogP) is 5.84. The molecule has 1 aliphatic heterocycles. The van der Waals surface area contributed by atoms with Gasteiger partial charge in [0.05, 0.1) is 24.4 Å². The Morgan fingerprint density at radius 2 is 1.53 bits per heavy atom. The lowest BCUT2D eigenvalue weighted by atomic mass is 10.0. The Bertz CT molecular complexity index is 595. The number of hydrogen-bond acceptors (Lipinski definition) is 5. The van der Waals surface area contributed by atoms with Crippen LogP contribution >= 0.6 is 11.3 Å². The van der Waals surface area contributed by atoms with Crippen LogP contribution in [-0.4, -0.2) is 47.1 Å². The zero-order chi connectivity index (χ0) is 23.0. The van der Waals surface area contributed by atoms with Gasteiger partial charge in [-0.25, -0.2) is 0 Å². The summed E-state index contributed by atoms with van der Waals surface area (Å²) in [6, 6.07) is 1.86. The van der Waals surface area contributed by atoms with Gasteiger partial charge < -0.3 is 20.3 Å². The minimum atomic E-state index is -0.385. The highest BCUT2D eigenvalue weighted by atomic mass is 32.1. The van der Waals surface area contributed by atoms with Gasteiger partial charge in [-0.05, 0) is 43.6 Å². The van der Waals surface area contributed by atoms with Crippen molar-refractivity contribution in [3.63, 3.8) is 0 Å². The zero-order valence-electron chi connectivity index (χ0n) is 20.0. The largest absolute Gasteiger partial charge is 0.390 e. The monoisotopic (exact) mass is 467 g/mol. The van der Waals surface area contributed by atoms with Gasteiger partial charge in [0.25, 0.3) is 5.91 Å². The first kappa shape index (κ1) is 27.3. The Hall–Kier alpha value is -0.950. The van der Waals surface area contributed by atoms with Crippen LogP contribution in [0.3, 0.4) is 0 Å². The third-order valence-electron chi connectivity index (χ3n) is 6.52.